The van der Waals surface area contributed by atoms with Gasteiger partial charge in [0.1, 0.15) is 11.5 Å². The Kier molecular flexibility index (Phi) is 17.8. The second kappa shape index (κ2) is 23.2. The van der Waals surface area contributed by atoms with Crippen LogP contribution in [0.4, 0.5) is 0 Å². The van der Waals surface area contributed by atoms with Crippen LogP contribution in [0.15, 0.2) is 84.9 Å². The van der Waals surface area contributed by atoms with Gasteiger partial charge >= 0.3 is 0 Å². The van der Waals surface area contributed by atoms with Crippen molar-refractivity contribution in [3.63, 3.8) is 0 Å². The minimum absolute atomic E-state index is 0. The maximum atomic E-state index is 6.10. The number of aromatic nitrogens is 4. The average Bonchev–Trinajstić information content (AvgIpc) is 4.05. The lowest BCUT2D eigenvalue weighted by molar-refractivity contribution is 0.307. The Morgan fingerprint density at radius 3 is 1.30 bits per heavy atom. The van der Waals surface area contributed by atoms with Gasteiger partial charge in [-0.25, -0.2) is 9.97 Å². The maximum Gasteiger partial charge on any atom is 0.119 e. The average molecular weight is 852 g/mol. The number of rotatable bonds is 20. The zero-order valence-corrected chi connectivity index (χ0v) is 36.9. The highest BCUT2D eigenvalue weighted by molar-refractivity contribution is 5.93. The zero-order valence-electron chi connectivity index (χ0n) is 35.3. The Morgan fingerprint density at radius 1 is 0.500 bits per heavy atom. The van der Waals surface area contributed by atoms with Gasteiger partial charge in [-0.3, -0.25) is 0 Å². The van der Waals surface area contributed by atoms with Crippen LogP contribution in [0.2, 0.25) is 0 Å². The summed E-state index contributed by atoms with van der Waals surface area (Å²) in [6, 6.07) is 29.3. The van der Waals surface area contributed by atoms with Crippen LogP contribution in [0.3, 0.4) is 0 Å². The summed E-state index contributed by atoms with van der Waals surface area (Å²) in [7, 11) is 8.44. The molecule has 5 heterocycles. The molecule has 0 radical (unpaired) electrons. The van der Waals surface area contributed by atoms with Gasteiger partial charge in [0, 0.05) is 33.2 Å². The van der Waals surface area contributed by atoms with E-state index in [2.05, 4.69) is 168 Å². The first-order valence-corrected chi connectivity index (χ1v) is 20.7. The van der Waals surface area contributed by atoms with Crippen molar-refractivity contribution >= 4 is 71.2 Å². The molecule has 7 rings (SSSR count). The highest BCUT2D eigenvalue weighted by Gasteiger charge is 2.14. The highest BCUT2D eigenvalue weighted by atomic mass is 35.5. The monoisotopic (exact) mass is 850 g/mol. The summed E-state index contributed by atoms with van der Waals surface area (Å²) in [6.07, 6.45) is 12.5. The number of fused-ring (bicyclic) bond motifs is 8. The van der Waals surface area contributed by atoms with Crippen molar-refractivity contribution in [2.75, 3.05) is 80.7 Å². The third kappa shape index (κ3) is 13.0. The predicted molar refractivity (Wildman–Crippen MR) is 257 cm³/mol. The molecule has 12 heteroatoms. The van der Waals surface area contributed by atoms with Gasteiger partial charge < -0.3 is 39.9 Å². The molecule has 10 nitrogen and oxygen atoms in total. The Hall–Kier alpha value is -4.94. The number of aromatic amines is 2. The third-order valence-corrected chi connectivity index (χ3v) is 10.1. The van der Waals surface area contributed by atoms with Crippen LogP contribution in [0.25, 0.3) is 68.6 Å². The minimum Gasteiger partial charge on any atom is -0.494 e. The van der Waals surface area contributed by atoms with Crippen LogP contribution in [0, 0.1) is 0 Å². The Morgan fingerprint density at radius 2 is 0.900 bits per heavy atom. The summed E-state index contributed by atoms with van der Waals surface area (Å²) in [5.74, 6) is 1.73. The first-order chi connectivity index (χ1) is 28.4. The van der Waals surface area contributed by atoms with E-state index in [9.17, 15) is 0 Å². The maximum absolute atomic E-state index is 6.10. The number of nitrogens with one attached hydrogen (secondary N) is 4. The van der Waals surface area contributed by atoms with E-state index in [0.717, 1.165) is 144 Å². The molecule has 8 bridgehead atoms. The topological polar surface area (TPSA) is 106 Å². The largest absolute Gasteiger partial charge is 0.494 e. The van der Waals surface area contributed by atoms with Gasteiger partial charge in [-0.2, -0.15) is 0 Å². The number of hydrogen-bond acceptors (Lipinski definition) is 8. The minimum atomic E-state index is 0. The summed E-state index contributed by atoms with van der Waals surface area (Å²) >= 11 is 0. The van der Waals surface area contributed by atoms with E-state index in [0.29, 0.717) is 13.2 Å². The van der Waals surface area contributed by atoms with Gasteiger partial charge in [0.2, 0.25) is 0 Å². The molecule has 0 aliphatic carbocycles. The molecule has 2 aliphatic heterocycles. The van der Waals surface area contributed by atoms with E-state index in [1.165, 1.54) is 0 Å². The molecule has 2 aromatic carbocycles. The number of halogens is 2. The fraction of sp³-hybridized carbons (Fsp3) is 0.333. The Bertz CT molecular complexity index is 2170. The van der Waals surface area contributed by atoms with Crippen LogP contribution in [0.5, 0.6) is 11.5 Å². The van der Waals surface area contributed by atoms with Gasteiger partial charge in [-0.05, 0) is 189 Å². The van der Waals surface area contributed by atoms with Gasteiger partial charge in [0.15, 0.2) is 0 Å². The number of H-pyrrole nitrogens is 2. The molecule has 0 saturated carbocycles. The van der Waals surface area contributed by atoms with Crippen molar-refractivity contribution in [3.05, 3.63) is 108 Å². The summed E-state index contributed by atoms with van der Waals surface area (Å²) in [6.45, 7) is 7.48. The molecule has 0 saturated heterocycles. The van der Waals surface area contributed by atoms with Crippen LogP contribution >= 0.6 is 24.8 Å². The van der Waals surface area contributed by atoms with Crippen molar-refractivity contribution < 1.29 is 9.47 Å². The van der Waals surface area contributed by atoms with Crippen molar-refractivity contribution in [1.29, 1.82) is 0 Å². The van der Waals surface area contributed by atoms with Crippen LogP contribution in [-0.2, 0) is 0 Å². The molecule has 318 valence electrons. The molecular formula is C48H60Cl2N8O2. The first kappa shape index (κ1) is 46.1. The molecule has 0 amide bonds. The van der Waals surface area contributed by atoms with Crippen LogP contribution in [0.1, 0.15) is 48.5 Å². The van der Waals surface area contributed by atoms with E-state index in [4.69, 9.17) is 19.4 Å². The number of nitrogens with zero attached hydrogens (tertiary/aromatic N) is 4. The molecule has 4 N–H and O–H groups in total. The molecule has 0 spiro atoms. The summed E-state index contributed by atoms with van der Waals surface area (Å²) < 4.78 is 12.2. The van der Waals surface area contributed by atoms with E-state index >= 15 is 0 Å². The smallest absolute Gasteiger partial charge is 0.119 e. The predicted octanol–water partition coefficient (Wildman–Crippen LogP) is 9.45. The summed E-state index contributed by atoms with van der Waals surface area (Å²) in [4.78, 5) is 22.0. The van der Waals surface area contributed by atoms with Crippen molar-refractivity contribution in [2.24, 2.45) is 0 Å². The quantitative estimate of drug-likeness (QED) is 0.0563. The normalized spacial score (nSPS) is 11.8. The Balaban J connectivity index is 0.00000341. The number of hydrogen-bond donors (Lipinski definition) is 4. The molecule has 0 fully saturated rings. The zero-order chi connectivity index (χ0) is 40.1. The number of benzene rings is 2. The molecule has 60 heavy (non-hydrogen) atoms. The van der Waals surface area contributed by atoms with E-state index in [1.807, 2.05) is 0 Å². The molecule has 5 aromatic rings. The van der Waals surface area contributed by atoms with Crippen molar-refractivity contribution in [2.45, 2.75) is 25.7 Å². The lowest BCUT2D eigenvalue weighted by atomic mass is 10.0. The molecule has 0 unspecified atom stereocenters. The molecule has 3 aromatic heterocycles. The summed E-state index contributed by atoms with van der Waals surface area (Å²) in [5.41, 5.74) is 11.6. The van der Waals surface area contributed by atoms with E-state index < -0.39 is 0 Å². The molecule has 0 atom stereocenters. The molecule has 2 aliphatic rings. The highest BCUT2D eigenvalue weighted by Crippen LogP contribution is 2.33. The van der Waals surface area contributed by atoms with E-state index in [1.54, 1.807) is 0 Å². The lowest BCUT2D eigenvalue weighted by Gasteiger charge is -2.10. The fourth-order valence-electron chi connectivity index (χ4n) is 7.18. The third-order valence-electron chi connectivity index (χ3n) is 10.1. The van der Waals surface area contributed by atoms with Crippen LogP contribution in [-0.4, -0.2) is 110 Å². The second-order valence-electron chi connectivity index (χ2n) is 15.5. The van der Waals surface area contributed by atoms with Crippen molar-refractivity contribution in [3.8, 4) is 33.8 Å². The Labute approximate surface area is 367 Å². The number of ether oxygens (including phenoxy) is 2. The summed E-state index contributed by atoms with van der Waals surface area (Å²) in [5, 5.41) is 7.02. The van der Waals surface area contributed by atoms with Gasteiger partial charge in [-0.1, -0.05) is 24.3 Å². The fourth-order valence-corrected chi connectivity index (χ4v) is 7.18. The second-order valence-corrected chi connectivity index (χ2v) is 15.5. The standard InChI is InChI=1S/C48H58N8O2.2ClH/c1-55(2)29-5-25-49-27-7-31-57-41-17-9-35(10-18-41)47-43-21-13-37(51-43)33-39-15-23-45(53-39)48(46-24-16-40(54-46)34-38-14-22-44(47)52-38)36-11-19-42(20-12-36)58-32-8-28-50-26-6-30-56(3)4;;/h9-24,33-34,49-51,54H,5-8,25-32H2,1-4H3;2*1H. The van der Waals surface area contributed by atoms with Crippen molar-refractivity contribution in [1.82, 2.24) is 40.4 Å². The van der Waals surface area contributed by atoms with Gasteiger partial charge in [-0.15, -0.1) is 24.8 Å². The lowest BCUT2D eigenvalue weighted by Crippen LogP contribution is -2.23. The van der Waals surface area contributed by atoms with Crippen LogP contribution < -0.4 is 20.1 Å². The van der Waals surface area contributed by atoms with E-state index in [-0.39, 0.29) is 24.8 Å². The van der Waals surface area contributed by atoms with Gasteiger partial charge in [0.25, 0.3) is 0 Å². The first-order valence-electron chi connectivity index (χ1n) is 20.7. The van der Waals surface area contributed by atoms with Gasteiger partial charge in [0.05, 0.1) is 36.0 Å². The SMILES string of the molecule is CN(C)CCCNCCCOc1ccc(-c2c3nc(cc4ccc([nH]4)c(-c4ccc(OCCCNCCCN(C)C)cc4)c4nc(cc5ccc2[nH]5)C=C4)C=C3)cc1.Cl.Cl. The molecular weight excluding hydrogens is 791 g/mol.